The first kappa shape index (κ1) is 41.1. The van der Waals surface area contributed by atoms with Gasteiger partial charge in [0.25, 0.3) is 0 Å². The van der Waals surface area contributed by atoms with Crippen molar-refractivity contribution in [3.05, 3.63) is 264 Å². The van der Waals surface area contributed by atoms with E-state index in [9.17, 15) is 0 Å². The first-order chi connectivity index (χ1) is 32.1. The van der Waals surface area contributed by atoms with Crippen LogP contribution in [0.4, 0.5) is 17.1 Å². The summed E-state index contributed by atoms with van der Waals surface area (Å²) in [7, 11) is 0. The predicted octanol–water partition coefficient (Wildman–Crippen LogP) is 16.3. The van der Waals surface area contributed by atoms with E-state index in [-0.39, 0.29) is 0 Å². The molecule has 65 heavy (non-hydrogen) atoms. The van der Waals surface area contributed by atoms with Gasteiger partial charge in [-0.05, 0) is 126 Å². The molecule has 0 bridgehead atoms. The van der Waals surface area contributed by atoms with Crippen LogP contribution >= 0.6 is 0 Å². The van der Waals surface area contributed by atoms with Gasteiger partial charge in [0.2, 0.25) is 0 Å². The number of ether oxygens (including phenoxy) is 1. The van der Waals surface area contributed by atoms with Gasteiger partial charge in [0, 0.05) is 39.1 Å². The number of rotatable bonds is 13. The Morgan fingerprint density at radius 2 is 1.20 bits per heavy atom. The van der Waals surface area contributed by atoms with E-state index in [4.69, 9.17) is 4.74 Å². The molecule has 0 radical (unpaired) electrons. The highest BCUT2D eigenvalue weighted by Crippen LogP contribution is 2.56. The van der Waals surface area contributed by atoms with Crippen molar-refractivity contribution in [2.24, 2.45) is 0 Å². The first-order valence-electron chi connectivity index (χ1n) is 22.6. The van der Waals surface area contributed by atoms with E-state index < -0.39 is 5.41 Å². The molecule has 1 aliphatic rings. The molecule has 316 valence electrons. The van der Waals surface area contributed by atoms with Crippen molar-refractivity contribution in [1.82, 2.24) is 4.57 Å². The number of fused-ring (bicyclic) bond motifs is 4. The molecule has 0 fully saturated rings. The smallest absolute Gasteiger partial charge is 0.147 e. The lowest BCUT2D eigenvalue weighted by atomic mass is 9.66. The summed E-state index contributed by atoms with van der Waals surface area (Å²) in [4.78, 5) is 2.41. The lowest BCUT2D eigenvalue weighted by molar-refractivity contribution is 0.363. The average Bonchev–Trinajstić information content (AvgIpc) is 3.83. The summed E-state index contributed by atoms with van der Waals surface area (Å²) in [5, 5.41) is 2.35. The van der Waals surface area contributed by atoms with Crippen LogP contribution in [0, 0.1) is 0 Å². The van der Waals surface area contributed by atoms with E-state index in [0.29, 0.717) is 13.0 Å². The van der Waals surface area contributed by atoms with Crippen molar-refractivity contribution >= 4 is 44.4 Å². The van der Waals surface area contributed by atoms with Crippen LogP contribution in [0.1, 0.15) is 48.6 Å². The van der Waals surface area contributed by atoms with Crippen LogP contribution in [0.2, 0.25) is 0 Å². The summed E-state index contributed by atoms with van der Waals surface area (Å²) in [5.74, 6) is 0.889. The van der Waals surface area contributed by atoms with Crippen molar-refractivity contribution in [2.45, 2.75) is 32.6 Å². The third kappa shape index (κ3) is 7.10. The minimum Gasteiger partial charge on any atom is -0.487 e. The number of allylic oxidation sites excluding steroid dienone is 6. The van der Waals surface area contributed by atoms with Crippen molar-refractivity contribution < 1.29 is 4.74 Å². The van der Waals surface area contributed by atoms with Crippen LogP contribution in [-0.4, -0.2) is 11.2 Å². The highest BCUT2D eigenvalue weighted by atomic mass is 16.5. The van der Waals surface area contributed by atoms with Gasteiger partial charge in [-0.3, -0.25) is 0 Å². The van der Waals surface area contributed by atoms with E-state index in [1.54, 1.807) is 0 Å². The molecule has 9 aromatic rings. The van der Waals surface area contributed by atoms with Crippen LogP contribution in [0.5, 0.6) is 5.75 Å². The number of benzene rings is 8. The van der Waals surface area contributed by atoms with Crippen molar-refractivity contribution in [1.29, 1.82) is 0 Å². The second-order valence-electron chi connectivity index (χ2n) is 16.7. The molecular weight excluding hydrogens is 789 g/mol. The van der Waals surface area contributed by atoms with Gasteiger partial charge in [-0.2, -0.15) is 0 Å². The number of aromatic nitrogens is 1. The van der Waals surface area contributed by atoms with Gasteiger partial charge in [-0.15, -0.1) is 6.58 Å². The Kier molecular flexibility index (Phi) is 11.2. The number of hydrogen-bond donors (Lipinski definition) is 0. The molecule has 0 unspecified atom stereocenters. The molecule has 0 atom stereocenters. The molecule has 3 nitrogen and oxygen atoms in total. The van der Waals surface area contributed by atoms with Crippen molar-refractivity contribution in [3.8, 4) is 22.6 Å². The maximum absolute atomic E-state index is 6.63. The second kappa shape index (κ2) is 17.7. The number of para-hydroxylation sites is 1. The molecule has 0 saturated carbocycles. The minimum atomic E-state index is -0.523. The van der Waals surface area contributed by atoms with Gasteiger partial charge in [0.1, 0.15) is 12.4 Å². The van der Waals surface area contributed by atoms with Gasteiger partial charge in [-0.25, -0.2) is 0 Å². The van der Waals surface area contributed by atoms with E-state index in [0.717, 1.165) is 50.5 Å². The van der Waals surface area contributed by atoms with Crippen LogP contribution < -0.4 is 9.64 Å². The van der Waals surface area contributed by atoms with E-state index in [2.05, 4.69) is 242 Å². The molecule has 0 aliphatic heterocycles. The summed E-state index contributed by atoms with van der Waals surface area (Å²) in [6.45, 7) is 11.0. The fraction of sp³-hybridized carbons (Fsp3) is 0.0968. The summed E-state index contributed by atoms with van der Waals surface area (Å²) in [6, 6.07) is 70.8. The van der Waals surface area contributed by atoms with E-state index in [1.165, 1.54) is 49.9 Å². The first-order valence-corrected chi connectivity index (χ1v) is 22.6. The molecule has 8 aromatic carbocycles. The van der Waals surface area contributed by atoms with E-state index in [1.807, 2.05) is 19.1 Å². The summed E-state index contributed by atoms with van der Waals surface area (Å²) in [5.41, 5.74) is 17.0. The van der Waals surface area contributed by atoms with Crippen molar-refractivity contribution in [3.63, 3.8) is 0 Å². The highest BCUT2D eigenvalue weighted by molar-refractivity contribution is 6.11. The van der Waals surface area contributed by atoms with Crippen LogP contribution in [0.3, 0.4) is 0 Å². The Labute approximate surface area is 383 Å². The normalized spacial score (nSPS) is 13.3. The minimum absolute atomic E-state index is 0.486. The zero-order valence-electron chi connectivity index (χ0n) is 37.3. The lowest BCUT2D eigenvalue weighted by Crippen LogP contribution is -2.29. The van der Waals surface area contributed by atoms with Gasteiger partial charge in [0.05, 0.1) is 16.4 Å². The lowest BCUT2D eigenvalue weighted by Gasteiger charge is -2.36. The maximum atomic E-state index is 6.63. The van der Waals surface area contributed by atoms with Gasteiger partial charge < -0.3 is 14.2 Å². The Bertz CT molecular complexity index is 3210. The molecule has 0 N–H and O–H groups in total. The van der Waals surface area contributed by atoms with Gasteiger partial charge in [0.15, 0.2) is 0 Å². The largest absolute Gasteiger partial charge is 0.487 e. The fourth-order valence-electron chi connectivity index (χ4n) is 10.1. The Balaban J connectivity index is 1.17. The second-order valence-corrected chi connectivity index (χ2v) is 16.7. The predicted molar refractivity (Wildman–Crippen MR) is 275 cm³/mol. The van der Waals surface area contributed by atoms with Crippen LogP contribution in [-0.2, 0) is 11.8 Å². The standard InChI is InChI=1S/C62H52N2O/c1-5-8-42-65-61-47(20-6-2)32-40-56-55-28-18-19-29-59(55)64(60(56)61)52-37-35-51(36-38-52)63(50-33-30-46(31-34-50)45-22-12-9-13-23-45)53-39-41-54-44(4)57(21-7-3)62(58(54)43-53,48-24-14-10-15-25-48)49-26-16-11-17-27-49/h5-19,21-41,43H,2,20,42H2,1,3-4H3/b8-5-,21-7-. The molecular formula is C62H52N2O. The fourth-order valence-corrected chi connectivity index (χ4v) is 10.1. The number of hydrogen-bond acceptors (Lipinski definition) is 2. The average molecular weight is 841 g/mol. The molecule has 0 saturated heterocycles. The molecule has 0 amide bonds. The third-order valence-electron chi connectivity index (χ3n) is 13.0. The summed E-state index contributed by atoms with van der Waals surface area (Å²) < 4.78 is 9.00. The Morgan fingerprint density at radius 3 is 1.85 bits per heavy atom. The summed E-state index contributed by atoms with van der Waals surface area (Å²) in [6.07, 6.45) is 11.3. The molecule has 3 heteroatoms. The SMILES string of the molecule is C=CCc1ccc2c3ccccc3n(-c3ccc(N(c4ccc(-c5ccccc5)cc4)c4ccc5c(c4)C(c4ccccc4)(c4ccccc4)C(/C=C\C)=C5C)cc3)c2c1OC/C=C\C. The Morgan fingerprint density at radius 1 is 0.600 bits per heavy atom. The zero-order chi connectivity index (χ0) is 44.3. The van der Waals surface area contributed by atoms with Gasteiger partial charge >= 0.3 is 0 Å². The molecule has 10 rings (SSSR count). The number of anilines is 3. The summed E-state index contributed by atoms with van der Waals surface area (Å²) >= 11 is 0. The zero-order valence-corrected chi connectivity index (χ0v) is 37.3. The number of nitrogens with zero attached hydrogens (tertiary/aromatic N) is 2. The van der Waals surface area contributed by atoms with Crippen LogP contribution in [0.25, 0.3) is 44.2 Å². The monoisotopic (exact) mass is 840 g/mol. The highest BCUT2D eigenvalue weighted by Gasteiger charge is 2.46. The third-order valence-corrected chi connectivity index (χ3v) is 13.0. The maximum Gasteiger partial charge on any atom is 0.147 e. The quantitative estimate of drug-likeness (QED) is 0.108. The van der Waals surface area contributed by atoms with Gasteiger partial charge in [-0.1, -0.05) is 170 Å². The topological polar surface area (TPSA) is 17.4 Å². The van der Waals surface area contributed by atoms with Crippen LogP contribution in [0.15, 0.2) is 237 Å². The molecule has 1 aliphatic carbocycles. The molecule has 1 aromatic heterocycles. The van der Waals surface area contributed by atoms with E-state index >= 15 is 0 Å². The Hall–Kier alpha value is -7.88. The van der Waals surface area contributed by atoms with Crippen molar-refractivity contribution in [2.75, 3.05) is 11.5 Å². The molecule has 1 heterocycles. The molecule has 0 spiro atoms.